The quantitative estimate of drug-likeness (QED) is 0.746. The zero-order valence-electron chi connectivity index (χ0n) is 14.8. The predicted octanol–water partition coefficient (Wildman–Crippen LogP) is 3.93. The maximum atomic E-state index is 12.1. The first-order chi connectivity index (χ1) is 10.3. The molecule has 1 aliphatic rings. The Morgan fingerprint density at radius 2 is 2.14 bits per heavy atom. The lowest BCUT2D eigenvalue weighted by atomic mass is 9.75. The van der Waals surface area contributed by atoms with E-state index < -0.39 is 5.41 Å². The van der Waals surface area contributed by atoms with Crippen molar-refractivity contribution < 1.29 is 9.53 Å². The molecule has 3 nitrogen and oxygen atoms in total. The summed E-state index contributed by atoms with van der Waals surface area (Å²) in [6.07, 6.45) is 2.76. The van der Waals surface area contributed by atoms with Crippen molar-refractivity contribution in [3.8, 4) is 0 Å². The van der Waals surface area contributed by atoms with E-state index in [4.69, 9.17) is 4.74 Å². The van der Waals surface area contributed by atoms with Crippen molar-refractivity contribution in [2.24, 2.45) is 5.41 Å². The van der Waals surface area contributed by atoms with Crippen LogP contribution in [0.4, 0.5) is 0 Å². The molecule has 3 atom stereocenters. The lowest BCUT2D eigenvalue weighted by Gasteiger charge is -2.36. The zero-order chi connectivity index (χ0) is 16.5. The molecule has 122 valence electrons. The lowest BCUT2D eigenvalue weighted by molar-refractivity contribution is -0.152. The molecule has 3 heteroatoms. The largest absolute Gasteiger partial charge is 0.469 e. The van der Waals surface area contributed by atoms with Crippen molar-refractivity contribution >= 4 is 5.97 Å². The van der Waals surface area contributed by atoms with Crippen LogP contribution in [0.3, 0.4) is 0 Å². The minimum atomic E-state index is -0.400. The number of hydrogen-bond acceptors (Lipinski definition) is 3. The molecule has 0 heterocycles. The topological polar surface area (TPSA) is 29.5 Å². The third kappa shape index (κ3) is 3.05. The molecule has 0 aromatic heterocycles. The maximum absolute atomic E-state index is 12.1. The molecule has 22 heavy (non-hydrogen) atoms. The van der Waals surface area contributed by atoms with E-state index in [9.17, 15) is 4.79 Å². The maximum Gasteiger partial charge on any atom is 0.311 e. The van der Waals surface area contributed by atoms with Crippen LogP contribution in [0.5, 0.6) is 0 Å². The highest BCUT2D eigenvalue weighted by atomic mass is 16.5. The van der Waals surface area contributed by atoms with Gasteiger partial charge in [0.15, 0.2) is 0 Å². The number of fused-ring (bicyclic) bond motifs is 1. The number of hydrogen-bond donors (Lipinski definition) is 0. The molecule has 0 N–H and O–H groups in total. The van der Waals surface area contributed by atoms with Gasteiger partial charge in [-0.2, -0.15) is 0 Å². The van der Waals surface area contributed by atoms with Crippen molar-refractivity contribution in [2.45, 2.75) is 52.0 Å². The molecule has 1 aromatic carbocycles. The van der Waals surface area contributed by atoms with Gasteiger partial charge in [0.2, 0.25) is 0 Å². The first-order valence-electron chi connectivity index (χ1n) is 8.20. The number of carbonyl (C=O) groups excluding carboxylic acids is 1. The van der Waals surface area contributed by atoms with Gasteiger partial charge in [-0.15, -0.1) is 0 Å². The van der Waals surface area contributed by atoms with Crippen LogP contribution in [-0.2, 0) is 16.0 Å². The van der Waals surface area contributed by atoms with E-state index in [1.807, 2.05) is 6.92 Å². The molecular formula is C19H29NO2. The summed E-state index contributed by atoms with van der Waals surface area (Å²) in [5.74, 6) is 0.256. The second-order valence-corrected chi connectivity index (χ2v) is 7.15. The van der Waals surface area contributed by atoms with E-state index in [1.54, 1.807) is 0 Å². The van der Waals surface area contributed by atoms with Gasteiger partial charge in [-0.1, -0.05) is 32.0 Å². The van der Waals surface area contributed by atoms with Gasteiger partial charge in [0.05, 0.1) is 12.5 Å². The van der Waals surface area contributed by atoms with Gasteiger partial charge in [0, 0.05) is 6.04 Å². The second kappa shape index (κ2) is 6.41. The Balaban J connectivity index is 2.13. The molecule has 1 aliphatic carbocycles. The average molecular weight is 303 g/mol. The van der Waals surface area contributed by atoms with E-state index in [2.05, 4.69) is 51.0 Å². The van der Waals surface area contributed by atoms with Gasteiger partial charge in [-0.05, 0) is 62.9 Å². The summed E-state index contributed by atoms with van der Waals surface area (Å²) in [7, 11) is 5.74. The van der Waals surface area contributed by atoms with Crippen LogP contribution in [0.1, 0.15) is 62.3 Å². The molecule has 2 rings (SSSR count). The minimum absolute atomic E-state index is 0.0986. The third-order valence-corrected chi connectivity index (χ3v) is 5.35. The van der Waals surface area contributed by atoms with Crippen molar-refractivity contribution in [3.63, 3.8) is 0 Å². The fourth-order valence-electron chi connectivity index (χ4n) is 3.49. The number of carbonyl (C=O) groups is 1. The van der Waals surface area contributed by atoms with Crippen LogP contribution in [0, 0.1) is 5.41 Å². The highest BCUT2D eigenvalue weighted by Gasteiger charge is 2.35. The van der Waals surface area contributed by atoms with Crippen LogP contribution < -0.4 is 0 Å². The third-order valence-electron chi connectivity index (χ3n) is 5.35. The minimum Gasteiger partial charge on any atom is -0.469 e. The normalized spacial score (nSPS) is 20.8. The van der Waals surface area contributed by atoms with E-state index in [-0.39, 0.29) is 5.97 Å². The Hall–Kier alpha value is -1.35. The van der Waals surface area contributed by atoms with Crippen molar-refractivity contribution in [1.29, 1.82) is 0 Å². The van der Waals surface area contributed by atoms with Crippen LogP contribution in [-0.4, -0.2) is 32.1 Å². The van der Waals surface area contributed by atoms with Crippen LogP contribution in [0.2, 0.25) is 0 Å². The second-order valence-electron chi connectivity index (χ2n) is 7.15. The standard InChI is InChI=1S/C19H29NO2/c1-7-19(3,18(21)22-6)12-13(2)14-8-9-16-15(10-14)11-17(16)20(4)5/h8-10,13,17H,7,11-12H2,1-6H3. The summed E-state index contributed by atoms with van der Waals surface area (Å²) in [4.78, 5) is 14.3. The van der Waals surface area contributed by atoms with Gasteiger partial charge < -0.3 is 9.64 Å². The number of esters is 1. The van der Waals surface area contributed by atoms with Crippen molar-refractivity contribution in [1.82, 2.24) is 4.90 Å². The Labute approximate surface area is 134 Å². The first kappa shape index (κ1) is 17.0. The molecule has 3 unspecified atom stereocenters. The number of benzene rings is 1. The van der Waals surface area contributed by atoms with E-state index >= 15 is 0 Å². The number of ether oxygens (including phenoxy) is 1. The summed E-state index contributed by atoms with van der Waals surface area (Å²) in [5.41, 5.74) is 3.84. The molecule has 0 saturated carbocycles. The number of rotatable bonds is 6. The Kier molecular flexibility index (Phi) is 4.96. The molecule has 0 aliphatic heterocycles. The van der Waals surface area contributed by atoms with E-state index in [0.717, 1.165) is 19.3 Å². The highest BCUT2D eigenvalue weighted by molar-refractivity contribution is 5.76. The summed E-state index contributed by atoms with van der Waals surface area (Å²) >= 11 is 0. The summed E-state index contributed by atoms with van der Waals surface area (Å²) in [5, 5.41) is 0. The van der Waals surface area contributed by atoms with E-state index in [1.165, 1.54) is 23.8 Å². The van der Waals surface area contributed by atoms with Crippen LogP contribution in [0.15, 0.2) is 18.2 Å². The van der Waals surface area contributed by atoms with Crippen LogP contribution >= 0.6 is 0 Å². The molecule has 0 bridgehead atoms. The Bertz CT molecular complexity index is 552. The summed E-state index contributed by atoms with van der Waals surface area (Å²) in [6.45, 7) is 6.28. The molecule has 0 fully saturated rings. The first-order valence-corrected chi connectivity index (χ1v) is 8.20. The molecule has 1 aromatic rings. The molecule has 0 radical (unpaired) electrons. The van der Waals surface area contributed by atoms with Crippen LogP contribution in [0.25, 0.3) is 0 Å². The molecule has 0 saturated heterocycles. The predicted molar refractivity (Wildman–Crippen MR) is 90.0 cm³/mol. The molecule has 0 amide bonds. The molecule has 0 spiro atoms. The fraction of sp³-hybridized carbons (Fsp3) is 0.632. The van der Waals surface area contributed by atoms with Gasteiger partial charge in [-0.3, -0.25) is 4.79 Å². The SMILES string of the molecule is CCC(C)(CC(C)c1ccc2c(c1)CC2N(C)C)C(=O)OC. The lowest BCUT2D eigenvalue weighted by Crippen LogP contribution is -2.31. The van der Waals surface area contributed by atoms with Gasteiger partial charge in [0.25, 0.3) is 0 Å². The van der Waals surface area contributed by atoms with E-state index in [0.29, 0.717) is 12.0 Å². The number of likely N-dealkylation sites (N-methyl/N-ethyl adjacent to an activating group) is 1. The van der Waals surface area contributed by atoms with Crippen molar-refractivity contribution in [2.75, 3.05) is 21.2 Å². The van der Waals surface area contributed by atoms with Gasteiger partial charge >= 0.3 is 5.97 Å². The number of nitrogens with zero attached hydrogens (tertiary/aromatic N) is 1. The van der Waals surface area contributed by atoms with Gasteiger partial charge in [0.1, 0.15) is 0 Å². The summed E-state index contributed by atoms with van der Waals surface area (Å²) < 4.78 is 4.99. The smallest absolute Gasteiger partial charge is 0.311 e. The monoisotopic (exact) mass is 303 g/mol. The number of methoxy groups -OCH3 is 1. The summed E-state index contributed by atoms with van der Waals surface area (Å²) in [6, 6.07) is 7.38. The Morgan fingerprint density at radius 3 is 2.64 bits per heavy atom. The zero-order valence-corrected chi connectivity index (χ0v) is 14.8. The fourth-order valence-corrected chi connectivity index (χ4v) is 3.49. The van der Waals surface area contributed by atoms with Crippen molar-refractivity contribution in [3.05, 3.63) is 34.9 Å². The molecular weight excluding hydrogens is 274 g/mol. The highest BCUT2D eigenvalue weighted by Crippen LogP contribution is 2.40. The Morgan fingerprint density at radius 1 is 1.45 bits per heavy atom. The van der Waals surface area contributed by atoms with Gasteiger partial charge in [-0.25, -0.2) is 0 Å². The average Bonchev–Trinajstić information content (AvgIpc) is 2.46.